The van der Waals surface area contributed by atoms with Gasteiger partial charge in [0.25, 0.3) is 0 Å². The van der Waals surface area contributed by atoms with Crippen LogP contribution in [0, 0.1) is 0 Å². The van der Waals surface area contributed by atoms with Crippen molar-refractivity contribution in [3.8, 4) is 0 Å². The summed E-state index contributed by atoms with van der Waals surface area (Å²) in [5.74, 6) is -1.14. The summed E-state index contributed by atoms with van der Waals surface area (Å²) in [5.41, 5.74) is 2.89. The fraction of sp³-hybridized carbons (Fsp3) is 0.571. The number of nitrogens with two attached hydrogens (primary N) is 1. The van der Waals surface area contributed by atoms with Crippen LogP contribution in [-0.4, -0.2) is 18.8 Å². The van der Waals surface area contributed by atoms with Gasteiger partial charge in [0.1, 0.15) is 5.70 Å². The smallest absolute Gasteiger partial charge is 0.414 e. The minimum atomic E-state index is -4.59. The van der Waals surface area contributed by atoms with Crippen LogP contribution in [0.3, 0.4) is 0 Å². The highest BCUT2D eigenvalue weighted by Gasteiger charge is 2.34. The fourth-order valence-corrected chi connectivity index (χ4v) is 0.515. The molecule has 0 aromatic carbocycles. The molecule has 0 radical (unpaired) electrons. The first-order valence-corrected chi connectivity index (χ1v) is 3.51. The molecular formula is C7H10F3NO2. The second-order valence-electron chi connectivity index (χ2n) is 2.26. The molecule has 0 unspecified atom stereocenters. The van der Waals surface area contributed by atoms with Crippen LogP contribution in [0.1, 0.15) is 13.8 Å². The maximum absolute atomic E-state index is 12.0. The van der Waals surface area contributed by atoms with Crippen molar-refractivity contribution in [1.82, 2.24) is 0 Å². The SMILES string of the molecule is CCOC(=O)C(N)=C(C)C(F)(F)F. The first kappa shape index (κ1) is 11.8. The minimum absolute atomic E-state index is 0.00926. The molecule has 13 heavy (non-hydrogen) atoms. The lowest BCUT2D eigenvalue weighted by molar-refractivity contribution is -0.139. The molecule has 0 fully saturated rings. The van der Waals surface area contributed by atoms with Crippen LogP contribution in [0.2, 0.25) is 0 Å². The molecule has 0 aromatic rings. The van der Waals surface area contributed by atoms with Gasteiger partial charge in [-0.25, -0.2) is 4.79 Å². The molecule has 0 rings (SSSR count). The van der Waals surface area contributed by atoms with Gasteiger partial charge >= 0.3 is 12.1 Å². The van der Waals surface area contributed by atoms with E-state index in [-0.39, 0.29) is 6.61 Å². The molecule has 0 saturated carbocycles. The lowest BCUT2D eigenvalue weighted by Crippen LogP contribution is -2.22. The summed E-state index contributed by atoms with van der Waals surface area (Å²) in [6.07, 6.45) is -4.59. The van der Waals surface area contributed by atoms with Crippen molar-refractivity contribution in [3.63, 3.8) is 0 Å². The highest BCUT2D eigenvalue weighted by Crippen LogP contribution is 2.26. The van der Waals surface area contributed by atoms with Crippen LogP contribution in [0.25, 0.3) is 0 Å². The molecule has 0 heterocycles. The highest BCUT2D eigenvalue weighted by molar-refractivity contribution is 5.88. The summed E-state index contributed by atoms with van der Waals surface area (Å²) < 4.78 is 40.2. The van der Waals surface area contributed by atoms with Gasteiger partial charge in [-0.2, -0.15) is 13.2 Å². The Morgan fingerprint density at radius 3 is 2.23 bits per heavy atom. The number of hydrogen-bond acceptors (Lipinski definition) is 3. The van der Waals surface area contributed by atoms with Gasteiger partial charge in [0.05, 0.1) is 12.2 Å². The molecule has 6 heteroatoms. The van der Waals surface area contributed by atoms with E-state index in [0.29, 0.717) is 0 Å². The first-order valence-electron chi connectivity index (χ1n) is 3.51. The summed E-state index contributed by atoms with van der Waals surface area (Å²) in [5, 5.41) is 0. The molecule has 0 aliphatic rings. The number of halogens is 3. The van der Waals surface area contributed by atoms with E-state index < -0.39 is 23.4 Å². The van der Waals surface area contributed by atoms with Crippen LogP contribution in [-0.2, 0) is 9.53 Å². The summed E-state index contributed by atoms with van der Waals surface area (Å²) in [4.78, 5) is 10.7. The number of hydrogen-bond donors (Lipinski definition) is 1. The molecule has 2 N–H and O–H groups in total. The van der Waals surface area contributed by atoms with Crippen molar-refractivity contribution in [2.45, 2.75) is 20.0 Å². The van der Waals surface area contributed by atoms with Gasteiger partial charge in [-0.3, -0.25) is 0 Å². The van der Waals surface area contributed by atoms with E-state index in [1.807, 2.05) is 0 Å². The van der Waals surface area contributed by atoms with E-state index in [9.17, 15) is 18.0 Å². The summed E-state index contributed by atoms with van der Waals surface area (Å²) in [6.45, 7) is 2.20. The van der Waals surface area contributed by atoms with E-state index >= 15 is 0 Å². The van der Waals surface area contributed by atoms with Gasteiger partial charge in [-0.15, -0.1) is 0 Å². The molecule has 0 bridgehead atoms. The zero-order chi connectivity index (χ0) is 10.6. The Labute approximate surface area is 73.4 Å². The number of carbonyl (C=O) groups is 1. The van der Waals surface area contributed by atoms with Gasteiger partial charge in [-0.1, -0.05) is 0 Å². The van der Waals surface area contributed by atoms with Gasteiger partial charge < -0.3 is 10.5 Å². The molecule has 0 aromatic heterocycles. The van der Waals surface area contributed by atoms with Crippen LogP contribution in [0.15, 0.2) is 11.3 Å². The zero-order valence-corrected chi connectivity index (χ0v) is 7.23. The topological polar surface area (TPSA) is 52.3 Å². The van der Waals surface area contributed by atoms with E-state index in [0.717, 1.165) is 6.92 Å². The van der Waals surface area contributed by atoms with Gasteiger partial charge in [0.15, 0.2) is 0 Å². The van der Waals surface area contributed by atoms with Gasteiger partial charge in [-0.05, 0) is 13.8 Å². The number of allylic oxidation sites excluding steroid dienone is 1. The predicted molar refractivity (Wildman–Crippen MR) is 39.6 cm³/mol. The van der Waals surface area contributed by atoms with Crippen LogP contribution >= 0.6 is 0 Å². The van der Waals surface area contributed by atoms with E-state index in [1.165, 1.54) is 6.92 Å². The van der Waals surface area contributed by atoms with Crippen molar-refractivity contribution in [1.29, 1.82) is 0 Å². The molecule has 0 saturated heterocycles. The molecule has 0 spiro atoms. The predicted octanol–water partition coefficient (Wildman–Crippen LogP) is 1.34. The van der Waals surface area contributed by atoms with Crippen molar-refractivity contribution in [2.24, 2.45) is 5.73 Å². The fourth-order valence-electron chi connectivity index (χ4n) is 0.515. The summed E-state index contributed by atoms with van der Waals surface area (Å²) >= 11 is 0. The molecular weight excluding hydrogens is 187 g/mol. The summed E-state index contributed by atoms with van der Waals surface area (Å²) in [7, 11) is 0. The van der Waals surface area contributed by atoms with Crippen molar-refractivity contribution in [3.05, 3.63) is 11.3 Å². The Balaban J connectivity index is 4.72. The number of alkyl halides is 3. The molecule has 0 aliphatic carbocycles. The van der Waals surface area contributed by atoms with E-state index in [4.69, 9.17) is 5.73 Å². The lowest BCUT2D eigenvalue weighted by atomic mass is 10.2. The van der Waals surface area contributed by atoms with Crippen molar-refractivity contribution < 1.29 is 22.7 Å². The largest absolute Gasteiger partial charge is 0.461 e. The maximum Gasteiger partial charge on any atom is 0.414 e. The third-order valence-corrected chi connectivity index (χ3v) is 1.32. The molecule has 3 nitrogen and oxygen atoms in total. The zero-order valence-electron chi connectivity index (χ0n) is 7.23. The number of rotatable bonds is 2. The highest BCUT2D eigenvalue weighted by atomic mass is 19.4. The Kier molecular flexibility index (Phi) is 3.77. The second-order valence-corrected chi connectivity index (χ2v) is 2.26. The molecule has 0 amide bonds. The maximum atomic E-state index is 12.0. The number of ether oxygens (including phenoxy) is 1. The quantitative estimate of drug-likeness (QED) is 0.537. The Morgan fingerprint density at radius 2 is 1.92 bits per heavy atom. The second kappa shape index (κ2) is 4.15. The average Bonchev–Trinajstić information content (AvgIpc) is 2.00. The van der Waals surface area contributed by atoms with Gasteiger partial charge in [0.2, 0.25) is 0 Å². The third-order valence-electron chi connectivity index (χ3n) is 1.32. The Bertz CT molecular complexity index is 232. The third kappa shape index (κ3) is 3.35. The van der Waals surface area contributed by atoms with E-state index in [2.05, 4.69) is 4.74 Å². The summed E-state index contributed by atoms with van der Waals surface area (Å²) in [6, 6.07) is 0. The van der Waals surface area contributed by atoms with Crippen molar-refractivity contribution in [2.75, 3.05) is 6.61 Å². The van der Waals surface area contributed by atoms with Crippen LogP contribution in [0.5, 0.6) is 0 Å². The molecule has 76 valence electrons. The average molecular weight is 197 g/mol. The lowest BCUT2D eigenvalue weighted by Gasteiger charge is -2.09. The van der Waals surface area contributed by atoms with Crippen LogP contribution in [0.4, 0.5) is 13.2 Å². The Hall–Kier alpha value is -1.20. The van der Waals surface area contributed by atoms with E-state index in [1.54, 1.807) is 0 Å². The monoisotopic (exact) mass is 197 g/mol. The van der Waals surface area contributed by atoms with Gasteiger partial charge in [0, 0.05) is 0 Å². The first-order chi connectivity index (χ1) is 5.80. The normalized spacial score (nSPS) is 13.6. The van der Waals surface area contributed by atoms with Crippen LogP contribution < -0.4 is 5.73 Å². The standard InChI is InChI=1S/C7H10F3NO2/c1-3-13-6(12)5(11)4(2)7(8,9)10/h3,11H2,1-2H3. The Morgan fingerprint density at radius 1 is 1.46 bits per heavy atom. The molecule has 0 aliphatic heterocycles. The number of esters is 1. The number of carbonyl (C=O) groups excluding carboxylic acids is 1. The molecule has 0 atom stereocenters. The van der Waals surface area contributed by atoms with Crippen molar-refractivity contribution >= 4 is 5.97 Å². The minimum Gasteiger partial charge on any atom is -0.461 e.